The predicted molar refractivity (Wildman–Crippen MR) is 166 cm³/mol. The number of amides is 1. The monoisotopic (exact) mass is 625 g/mol. The maximum absolute atomic E-state index is 13.4. The summed E-state index contributed by atoms with van der Waals surface area (Å²) in [5.74, 6) is 0.312. The van der Waals surface area contributed by atoms with Crippen molar-refractivity contribution in [2.24, 2.45) is 0 Å². The van der Waals surface area contributed by atoms with Gasteiger partial charge in [-0.3, -0.25) is 9.58 Å². The van der Waals surface area contributed by atoms with Crippen molar-refractivity contribution in [2.75, 3.05) is 23.4 Å². The number of nitrogens with one attached hydrogen (secondary N) is 1. The van der Waals surface area contributed by atoms with Crippen molar-refractivity contribution in [3.05, 3.63) is 41.7 Å². The second-order valence-corrected chi connectivity index (χ2v) is 13.6. The molecule has 0 fully saturated rings. The van der Waals surface area contributed by atoms with Crippen LogP contribution in [0.4, 0.5) is 30.9 Å². The lowest BCUT2D eigenvalue weighted by Gasteiger charge is -2.30. The van der Waals surface area contributed by atoms with Gasteiger partial charge in [-0.05, 0) is 79.2 Å². The Morgan fingerprint density at radius 3 is 2.49 bits per heavy atom. The van der Waals surface area contributed by atoms with Crippen LogP contribution in [0.25, 0.3) is 11.3 Å². The van der Waals surface area contributed by atoms with Gasteiger partial charge >= 0.3 is 6.09 Å². The van der Waals surface area contributed by atoms with E-state index in [1.54, 1.807) is 52.9 Å². The molecule has 2 aromatic heterocycles. The standard InChI is InChI=1S/C32H41F2N7O4/c1-19(2)44-27-24(15-40(39-27)16-25(33)34)38-28-36-11-10-23(37-28)20-12-21(14-35)26-22(13-20)32(9,18-43-30(3,4)5)17-41(26)29(42)45-31(6,7)8/h10-13,15,19,25H,16-18H2,1-9H3,(H,36,37,38). The van der Waals surface area contributed by atoms with E-state index in [1.165, 1.54) is 11.1 Å². The first-order valence-electron chi connectivity index (χ1n) is 14.7. The minimum Gasteiger partial charge on any atom is -0.472 e. The van der Waals surface area contributed by atoms with E-state index >= 15 is 0 Å². The quantitative estimate of drug-likeness (QED) is 0.272. The molecule has 3 aromatic rings. The van der Waals surface area contributed by atoms with Gasteiger partial charge in [0.25, 0.3) is 12.3 Å². The van der Waals surface area contributed by atoms with Gasteiger partial charge in [-0.15, -0.1) is 5.10 Å². The zero-order valence-electron chi connectivity index (χ0n) is 27.2. The average molecular weight is 626 g/mol. The van der Waals surface area contributed by atoms with E-state index in [9.17, 15) is 18.8 Å². The van der Waals surface area contributed by atoms with Gasteiger partial charge in [-0.25, -0.2) is 23.5 Å². The topological polar surface area (TPSA) is 127 Å². The van der Waals surface area contributed by atoms with E-state index in [-0.39, 0.29) is 36.6 Å². The van der Waals surface area contributed by atoms with Crippen LogP contribution in [0.3, 0.4) is 0 Å². The normalized spacial score (nSPS) is 16.6. The molecule has 0 bridgehead atoms. The molecular formula is C32H41F2N7O4. The van der Waals surface area contributed by atoms with Gasteiger partial charge in [0.2, 0.25) is 5.95 Å². The van der Waals surface area contributed by atoms with Gasteiger partial charge in [0.15, 0.2) is 0 Å². The fourth-order valence-electron chi connectivity index (χ4n) is 4.84. The molecule has 242 valence electrons. The van der Waals surface area contributed by atoms with Crippen LogP contribution in [0, 0.1) is 11.3 Å². The third-order valence-corrected chi connectivity index (χ3v) is 6.69. The average Bonchev–Trinajstić information content (AvgIpc) is 3.42. The van der Waals surface area contributed by atoms with Crippen LogP contribution in [-0.4, -0.2) is 62.7 Å². The van der Waals surface area contributed by atoms with E-state index in [2.05, 4.69) is 26.5 Å². The Morgan fingerprint density at radius 1 is 1.18 bits per heavy atom. The van der Waals surface area contributed by atoms with E-state index in [1.807, 2.05) is 33.8 Å². The van der Waals surface area contributed by atoms with Crippen molar-refractivity contribution in [3.63, 3.8) is 0 Å². The van der Waals surface area contributed by atoms with Crippen molar-refractivity contribution < 1.29 is 27.8 Å². The first kappa shape index (κ1) is 33.6. The van der Waals surface area contributed by atoms with Gasteiger partial charge in [0, 0.05) is 23.7 Å². The number of rotatable bonds is 9. The van der Waals surface area contributed by atoms with Crippen LogP contribution < -0.4 is 15.0 Å². The number of hydrogen-bond donors (Lipinski definition) is 1. The summed E-state index contributed by atoms with van der Waals surface area (Å²) in [7, 11) is 0. The van der Waals surface area contributed by atoms with Crippen molar-refractivity contribution >= 4 is 23.4 Å². The van der Waals surface area contributed by atoms with Crippen LogP contribution in [0.1, 0.15) is 73.4 Å². The highest BCUT2D eigenvalue weighted by molar-refractivity contribution is 5.95. The molecule has 1 aliphatic heterocycles. The summed E-state index contributed by atoms with van der Waals surface area (Å²) >= 11 is 0. The number of fused-ring (bicyclic) bond motifs is 1. The molecule has 0 saturated carbocycles. The summed E-state index contributed by atoms with van der Waals surface area (Å²) in [4.78, 5) is 23.8. The molecule has 4 rings (SSSR count). The summed E-state index contributed by atoms with van der Waals surface area (Å²) in [6.07, 6.45) is -0.433. The van der Waals surface area contributed by atoms with E-state index in [0.717, 1.165) is 10.2 Å². The van der Waals surface area contributed by atoms with Crippen molar-refractivity contribution in [3.8, 4) is 23.2 Å². The number of alkyl halides is 2. The maximum Gasteiger partial charge on any atom is 0.414 e. The fraction of sp³-hybridized carbons (Fsp3) is 0.531. The molecule has 1 unspecified atom stereocenters. The molecule has 11 nitrogen and oxygen atoms in total. The van der Waals surface area contributed by atoms with Gasteiger partial charge < -0.3 is 19.5 Å². The molecule has 1 aromatic carbocycles. The Morgan fingerprint density at radius 2 is 1.89 bits per heavy atom. The van der Waals surface area contributed by atoms with Crippen LogP contribution in [0.2, 0.25) is 0 Å². The number of aromatic nitrogens is 4. The van der Waals surface area contributed by atoms with E-state index < -0.39 is 35.7 Å². The van der Waals surface area contributed by atoms with Crippen LogP contribution in [-0.2, 0) is 21.4 Å². The Labute approximate surface area is 262 Å². The Balaban J connectivity index is 1.76. The number of carbonyl (C=O) groups is 1. The molecule has 0 radical (unpaired) electrons. The number of ether oxygens (including phenoxy) is 3. The zero-order valence-corrected chi connectivity index (χ0v) is 27.2. The molecule has 13 heteroatoms. The number of carbonyl (C=O) groups excluding carboxylic acids is 1. The lowest BCUT2D eigenvalue weighted by atomic mass is 9.83. The summed E-state index contributed by atoms with van der Waals surface area (Å²) in [5, 5.41) is 17.4. The van der Waals surface area contributed by atoms with E-state index in [0.29, 0.717) is 22.6 Å². The Bertz CT molecular complexity index is 1590. The zero-order chi connectivity index (χ0) is 33.3. The maximum atomic E-state index is 13.4. The van der Waals surface area contributed by atoms with Crippen molar-refractivity contribution in [2.45, 2.75) is 98.0 Å². The molecule has 3 heterocycles. The molecule has 0 spiro atoms. The summed E-state index contributed by atoms with van der Waals surface area (Å²) in [5.41, 5.74) is 1.11. The molecular weight excluding hydrogens is 584 g/mol. The number of nitrogens with zero attached hydrogens (tertiary/aromatic N) is 6. The van der Waals surface area contributed by atoms with Crippen LogP contribution in [0.5, 0.6) is 5.88 Å². The van der Waals surface area contributed by atoms with Crippen molar-refractivity contribution in [1.82, 2.24) is 19.7 Å². The smallest absolute Gasteiger partial charge is 0.414 e. The van der Waals surface area contributed by atoms with Gasteiger partial charge in [0.1, 0.15) is 23.9 Å². The molecule has 0 saturated heterocycles. The molecule has 0 aliphatic carbocycles. The third-order valence-electron chi connectivity index (χ3n) is 6.69. The number of benzene rings is 1. The van der Waals surface area contributed by atoms with Gasteiger partial charge in [-0.1, -0.05) is 6.92 Å². The summed E-state index contributed by atoms with van der Waals surface area (Å²) in [6, 6.07) is 7.54. The number of anilines is 3. The molecule has 1 aliphatic rings. The second kappa shape index (κ2) is 12.6. The lowest BCUT2D eigenvalue weighted by molar-refractivity contribution is -0.0255. The minimum absolute atomic E-state index is 0.140. The highest BCUT2D eigenvalue weighted by Crippen LogP contribution is 2.46. The van der Waals surface area contributed by atoms with E-state index in [4.69, 9.17) is 14.2 Å². The SMILES string of the molecule is CC(C)Oc1nn(CC(F)F)cc1Nc1nccc(-c2cc(C#N)c3c(c2)C(C)(COC(C)(C)C)CN3C(=O)OC(C)(C)C)n1. The van der Waals surface area contributed by atoms with Gasteiger partial charge in [-0.2, -0.15) is 5.26 Å². The molecule has 1 atom stereocenters. The minimum atomic E-state index is -2.59. The summed E-state index contributed by atoms with van der Waals surface area (Å²) < 4.78 is 44.8. The third kappa shape index (κ3) is 8.25. The molecule has 45 heavy (non-hydrogen) atoms. The highest BCUT2D eigenvalue weighted by Gasteiger charge is 2.45. The first-order valence-corrected chi connectivity index (χ1v) is 14.7. The predicted octanol–water partition coefficient (Wildman–Crippen LogP) is 6.84. The lowest BCUT2D eigenvalue weighted by Crippen LogP contribution is -2.42. The first-order chi connectivity index (χ1) is 20.9. The second-order valence-electron chi connectivity index (χ2n) is 13.6. The van der Waals surface area contributed by atoms with Crippen LogP contribution in [0.15, 0.2) is 30.6 Å². The highest BCUT2D eigenvalue weighted by atomic mass is 19.3. The molecule has 1 amide bonds. The van der Waals surface area contributed by atoms with Crippen molar-refractivity contribution in [1.29, 1.82) is 5.26 Å². The number of hydrogen-bond acceptors (Lipinski definition) is 9. The summed E-state index contributed by atoms with van der Waals surface area (Å²) in [6.45, 7) is 16.8. The molecule has 1 N–H and O–H groups in total. The Kier molecular flexibility index (Phi) is 9.40. The number of nitriles is 1. The number of halogens is 2. The fourth-order valence-corrected chi connectivity index (χ4v) is 4.84. The van der Waals surface area contributed by atoms with Crippen LogP contribution >= 0.6 is 0 Å². The van der Waals surface area contributed by atoms with Gasteiger partial charge in [0.05, 0.1) is 41.5 Å². The largest absolute Gasteiger partial charge is 0.472 e. The Hall–Kier alpha value is -4.31.